The molecule has 0 radical (unpaired) electrons. The number of aromatic hydroxyl groups is 1. The first kappa shape index (κ1) is 20.0. The third-order valence-electron chi connectivity index (χ3n) is 6.35. The molecule has 1 aromatic heterocycles. The van der Waals surface area contributed by atoms with Gasteiger partial charge in [0.05, 0.1) is 5.69 Å². The van der Waals surface area contributed by atoms with E-state index < -0.39 is 0 Å². The van der Waals surface area contributed by atoms with Gasteiger partial charge in [-0.1, -0.05) is 36.9 Å². The second kappa shape index (κ2) is 7.64. The molecule has 0 bridgehead atoms. The van der Waals surface area contributed by atoms with Gasteiger partial charge in [0.25, 0.3) is 0 Å². The monoisotopic (exact) mass is 426 g/mol. The maximum absolute atomic E-state index is 12.2. The van der Waals surface area contributed by atoms with Crippen molar-refractivity contribution in [1.29, 1.82) is 0 Å². The van der Waals surface area contributed by atoms with Crippen LogP contribution in [0, 0.1) is 0 Å². The lowest BCUT2D eigenvalue weighted by Gasteiger charge is -2.13. The minimum Gasteiger partial charge on any atom is -0.507 e. The zero-order valence-corrected chi connectivity index (χ0v) is 17.8. The molecule has 32 heavy (non-hydrogen) atoms. The SMILES string of the molecule is C=CC(=O)N1Cc2cccc(-c3[nH]c(N)c(/C=C(\N)c4ccccc4O)c3C3CC3)c2C1. The number of aromatic amines is 1. The highest BCUT2D eigenvalue weighted by molar-refractivity contribution is 5.90. The number of nitrogen functional groups attached to an aromatic ring is 1. The normalized spacial score (nSPS) is 15.6. The van der Waals surface area contributed by atoms with Crippen molar-refractivity contribution in [2.75, 3.05) is 5.73 Å². The number of nitrogens with one attached hydrogen (secondary N) is 1. The third-order valence-corrected chi connectivity index (χ3v) is 6.35. The molecule has 2 heterocycles. The summed E-state index contributed by atoms with van der Waals surface area (Å²) in [5, 5.41) is 10.2. The van der Waals surface area contributed by atoms with Gasteiger partial charge in [0, 0.05) is 35.5 Å². The smallest absolute Gasteiger partial charge is 0.246 e. The maximum Gasteiger partial charge on any atom is 0.246 e. The standard InChI is InChI=1S/C26H26N4O2/c1-2-23(32)30-13-16-6-5-8-17(20(16)14-30)25-24(15-10-11-15)19(26(28)29-25)12-21(27)18-7-3-4-9-22(18)31/h2-9,12,15,29,31H,1,10-11,13-14,27-28H2/b21-12-. The van der Waals surface area contributed by atoms with Gasteiger partial charge in [-0.05, 0) is 59.7 Å². The van der Waals surface area contributed by atoms with Crippen LogP contribution >= 0.6 is 0 Å². The predicted molar refractivity (Wildman–Crippen MR) is 127 cm³/mol. The summed E-state index contributed by atoms with van der Waals surface area (Å²) in [6.45, 7) is 4.74. The van der Waals surface area contributed by atoms with E-state index in [9.17, 15) is 9.90 Å². The molecular formula is C26H26N4O2. The number of phenols is 1. The zero-order valence-electron chi connectivity index (χ0n) is 17.8. The van der Waals surface area contributed by atoms with Crippen molar-refractivity contribution in [2.45, 2.75) is 31.8 Å². The molecule has 2 aromatic carbocycles. The second-order valence-electron chi connectivity index (χ2n) is 8.47. The summed E-state index contributed by atoms with van der Waals surface area (Å²) in [5.41, 5.74) is 20.2. The lowest BCUT2D eigenvalue weighted by Crippen LogP contribution is -2.22. The Morgan fingerprint density at radius 1 is 1.16 bits per heavy atom. The van der Waals surface area contributed by atoms with Crippen LogP contribution < -0.4 is 11.5 Å². The minimum absolute atomic E-state index is 0.0698. The lowest BCUT2D eigenvalue weighted by atomic mass is 9.95. The first-order valence-corrected chi connectivity index (χ1v) is 10.8. The Kier molecular flexibility index (Phi) is 4.78. The molecule has 0 unspecified atom stereocenters. The average Bonchev–Trinajstić information content (AvgIpc) is 3.45. The number of amides is 1. The summed E-state index contributed by atoms with van der Waals surface area (Å²) in [5.74, 6) is 1.02. The van der Waals surface area contributed by atoms with Crippen LogP contribution in [0.5, 0.6) is 5.75 Å². The summed E-state index contributed by atoms with van der Waals surface area (Å²) in [7, 11) is 0. The molecular weight excluding hydrogens is 400 g/mol. The van der Waals surface area contributed by atoms with Gasteiger partial charge in [-0.2, -0.15) is 0 Å². The number of benzene rings is 2. The topological polar surface area (TPSA) is 108 Å². The Hall–Kier alpha value is -3.93. The summed E-state index contributed by atoms with van der Waals surface area (Å²) in [4.78, 5) is 17.4. The van der Waals surface area contributed by atoms with Gasteiger partial charge >= 0.3 is 0 Å². The van der Waals surface area contributed by atoms with Gasteiger partial charge in [-0.3, -0.25) is 4.79 Å². The van der Waals surface area contributed by atoms with E-state index in [2.05, 4.69) is 23.7 Å². The number of aromatic nitrogens is 1. The molecule has 1 fully saturated rings. The van der Waals surface area contributed by atoms with Crippen LogP contribution in [-0.2, 0) is 17.9 Å². The molecule has 162 valence electrons. The lowest BCUT2D eigenvalue weighted by molar-refractivity contribution is -0.126. The van der Waals surface area contributed by atoms with Gasteiger partial charge in [-0.25, -0.2) is 0 Å². The minimum atomic E-state index is -0.0698. The molecule has 5 rings (SSSR count). The van der Waals surface area contributed by atoms with Gasteiger partial charge in [0.15, 0.2) is 0 Å². The number of anilines is 1. The van der Waals surface area contributed by atoms with Crippen LogP contribution in [0.25, 0.3) is 23.0 Å². The average molecular weight is 427 g/mol. The second-order valence-corrected chi connectivity index (χ2v) is 8.47. The van der Waals surface area contributed by atoms with Crippen molar-refractivity contribution in [3.05, 3.63) is 82.9 Å². The van der Waals surface area contributed by atoms with Crippen LogP contribution in [0.2, 0.25) is 0 Å². The molecule has 1 saturated carbocycles. The summed E-state index contributed by atoms with van der Waals surface area (Å²) in [6.07, 6.45) is 5.41. The number of hydrogen-bond donors (Lipinski definition) is 4. The Morgan fingerprint density at radius 2 is 1.94 bits per heavy atom. The van der Waals surface area contributed by atoms with E-state index >= 15 is 0 Å². The number of fused-ring (bicyclic) bond motifs is 1. The first-order chi connectivity index (χ1) is 15.5. The van der Waals surface area contributed by atoms with E-state index in [1.165, 1.54) is 6.08 Å². The molecule has 6 heteroatoms. The summed E-state index contributed by atoms with van der Waals surface area (Å²) >= 11 is 0. The van der Waals surface area contributed by atoms with E-state index in [1.54, 1.807) is 23.1 Å². The van der Waals surface area contributed by atoms with Crippen LogP contribution in [0.15, 0.2) is 55.1 Å². The van der Waals surface area contributed by atoms with Crippen molar-refractivity contribution in [1.82, 2.24) is 9.88 Å². The number of hydrogen-bond acceptors (Lipinski definition) is 4. The molecule has 1 amide bonds. The molecule has 6 nitrogen and oxygen atoms in total. The number of rotatable bonds is 5. The fraction of sp³-hybridized carbons (Fsp3) is 0.192. The Bertz CT molecular complexity index is 1270. The number of carbonyl (C=O) groups excluding carboxylic acids is 1. The van der Waals surface area contributed by atoms with E-state index in [1.807, 2.05) is 18.2 Å². The van der Waals surface area contributed by atoms with Crippen LogP contribution in [0.1, 0.15) is 46.6 Å². The largest absolute Gasteiger partial charge is 0.507 e. The zero-order chi connectivity index (χ0) is 22.4. The highest BCUT2D eigenvalue weighted by atomic mass is 16.3. The van der Waals surface area contributed by atoms with E-state index in [4.69, 9.17) is 11.5 Å². The van der Waals surface area contributed by atoms with Gasteiger partial charge < -0.3 is 26.5 Å². The van der Waals surface area contributed by atoms with Gasteiger partial charge in [-0.15, -0.1) is 0 Å². The van der Waals surface area contributed by atoms with Gasteiger partial charge in [0.1, 0.15) is 11.6 Å². The van der Waals surface area contributed by atoms with Crippen LogP contribution in [0.3, 0.4) is 0 Å². The highest BCUT2D eigenvalue weighted by Gasteiger charge is 2.33. The Balaban J connectivity index is 1.61. The number of phenolic OH excluding ortho intramolecular Hbond substituents is 1. The fourth-order valence-corrected chi connectivity index (χ4v) is 4.61. The van der Waals surface area contributed by atoms with Crippen molar-refractivity contribution in [3.8, 4) is 17.0 Å². The summed E-state index contributed by atoms with van der Waals surface area (Å²) < 4.78 is 0. The molecule has 0 atom stereocenters. The van der Waals surface area contributed by atoms with Crippen molar-refractivity contribution >= 4 is 23.5 Å². The summed E-state index contributed by atoms with van der Waals surface area (Å²) in [6, 6.07) is 13.2. The Labute approximate surface area is 186 Å². The molecule has 1 aliphatic carbocycles. The predicted octanol–water partition coefficient (Wildman–Crippen LogP) is 4.33. The van der Waals surface area contributed by atoms with Gasteiger partial charge in [0.2, 0.25) is 5.91 Å². The number of nitrogens with zero attached hydrogens (tertiary/aromatic N) is 1. The van der Waals surface area contributed by atoms with Crippen LogP contribution in [0.4, 0.5) is 5.82 Å². The quantitative estimate of drug-likeness (QED) is 0.455. The molecule has 0 saturated heterocycles. The molecule has 3 aromatic rings. The number of para-hydroxylation sites is 1. The highest BCUT2D eigenvalue weighted by Crippen LogP contribution is 2.49. The molecule has 2 aliphatic rings. The molecule has 1 aliphatic heterocycles. The number of H-pyrrole nitrogens is 1. The maximum atomic E-state index is 12.2. The van der Waals surface area contributed by atoms with E-state index in [-0.39, 0.29) is 11.7 Å². The van der Waals surface area contributed by atoms with E-state index in [0.717, 1.165) is 46.4 Å². The first-order valence-electron chi connectivity index (χ1n) is 10.8. The molecule has 6 N–H and O–H groups in total. The van der Waals surface area contributed by atoms with Crippen molar-refractivity contribution in [2.24, 2.45) is 5.73 Å². The third kappa shape index (κ3) is 3.34. The van der Waals surface area contributed by atoms with Crippen molar-refractivity contribution < 1.29 is 9.90 Å². The van der Waals surface area contributed by atoms with Crippen LogP contribution in [-0.4, -0.2) is 20.9 Å². The number of nitrogens with two attached hydrogens (primary N) is 2. The number of carbonyl (C=O) groups is 1. The van der Waals surface area contributed by atoms with Crippen molar-refractivity contribution in [3.63, 3.8) is 0 Å². The molecule has 0 spiro atoms. The Morgan fingerprint density at radius 3 is 2.66 bits per heavy atom. The van der Waals surface area contributed by atoms with E-state index in [0.29, 0.717) is 36.1 Å². The fourth-order valence-electron chi connectivity index (χ4n) is 4.61.